The van der Waals surface area contributed by atoms with Gasteiger partial charge in [-0.05, 0) is 18.2 Å². The number of rotatable bonds is 6. The van der Waals surface area contributed by atoms with Crippen molar-refractivity contribution >= 4 is 11.8 Å². The van der Waals surface area contributed by atoms with Gasteiger partial charge in [0.15, 0.2) is 0 Å². The van der Waals surface area contributed by atoms with E-state index in [4.69, 9.17) is 5.73 Å². The molecule has 1 unspecified atom stereocenters. The smallest absolute Gasteiger partial charge is 0.0624 e. The van der Waals surface area contributed by atoms with Crippen LogP contribution < -0.4 is 5.73 Å². The molecule has 0 aliphatic heterocycles. The van der Waals surface area contributed by atoms with Crippen molar-refractivity contribution in [1.82, 2.24) is 9.78 Å². The molecule has 15 heavy (non-hydrogen) atoms. The molecule has 1 atom stereocenters. The molecule has 86 valence electrons. The molecular weight excluding hydrogens is 206 g/mol. The zero-order chi connectivity index (χ0) is 11.3. The highest BCUT2D eigenvalue weighted by molar-refractivity contribution is 7.99. The highest BCUT2D eigenvalue weighted by atomic mass is 32.2. The molecule has 0 saturated carbocycles. The molecule has 0 aliphatic rings. The van der Waals surface area contributed by atoms with Crippen molar-refractivity contribution in [2.75, 3.05) is 11.5 Å². The summed E-state index contributed by atoms with van der Waals surface area (Å²) in [6.07, 6.45) is 1.92. The molecular formula is C11H21N3S. The normalized spacial score (nSPS) is 13.1. The van der Waals surface area contributed by atoms with Crippen molar-refractivity contribution in [3.63, 3.8) is 0 Å². The van der Waals surface area contributed by atoms with Gasteiger partial charge in [0.25, 0.3) is 0 Å². The lowest BCUT2D eigenvalue weighted by molar-refractivity contribution is 0.650. The van der Waals surface area contributed by atoms with E-state index in [-0.39, 0.29) is 6.04 Å². The molecule has 1 aromatic rings. The van der Waals surface area contributed by atoms with Crippen molar-refractivity contribution in [1.29, 1.82) is 0 Å². The van der Waals surface area contributed by atoms with E-state index in [9.17, 15) is 0 Å². The van der Waals surface area contributed by atoms with E-state index >= 15 is 0 Å². The largest absolute Gasteiger partial charge is 0.327 e. The van der Waals surface area contributed by atoms with Gasteiger partial charge in [0.05, 0.1) is 5.69 Å². The number of nitrogens with zero attached hydrogens (tertiary/aromatic N) is 2. The molecule has 1 rings (SSSR count). The standard InChI is InChI=1S/C11H21N3S/c1-4-10-7-11(14(3)13-10)6-9(12)8-15-5-2/h7,9H,4-6,8,12H2,1-3H3. The number of hydrogen-bond donors (Lipinski definition) is 1. The summed E-state index contributed by atoms with van der Waals surface area (Å²) in [4.78, 5) is 0. The van der Waals surface area contributed by atoms with Gasteiger partial charge in [-0.2, -0.15) is 16.9 Å². The molecule has 0 aliphatic carbocycles. The van der Waals surface area contributed by atoms with Crippen molar-refractivity contribution < 1.29 is 0 Å². The SMILES string of the molecule is CCSCC(N)Cc1cc(CC)nn1C. The van der Waals surface area contributed by atoms with Gasteiger partial charge in [-0.1, -0.05) is 13.8 Å². The fourth-order valence-electron chi connectivity index (χ4n) is 1.53. The van der Waals surface area contributed by atoms with Crippen LogP contribution in [0.25, 0.3) is 0 Å². The number of thioether (sulfide) groups is 1. The Kier molecular flexibility index (Phi) is 5.19. The molecule has 0 saturated heterocycles. The van der Waals surface area contributed by atoms with E-state index in [1.807, 2.05) is 23.5 Å². The summed E-state index contributed by atoms with van der Waals surface area (Å²) < 4.78 is 1.95. The third-order valence-electron chi connectivity index (χ3n) is 2.40. The summed E-state index contributed by atoms with van der Waals surface area (Å²) >= 11 is 1.90. The predicted octanol–water partition coefficient (Wildman–Crippen LogP) is 1.61. The summed E-state index contributed by atoms with van der Waals surface area (Å²) in [7, 11) is 1.99. The molecule has 1 aromatic heterocycles. The molecule has 4 heteroatoms. The highest BCUT2D eigenvalue weighted by Crippen LogP contribution is 2.09. The molecule has 0 aromatic carbocycles. The lowest BCUT2D eigenvalue weighted by Gasteiger charge is -2.10. The average Bonchev–Trinajstić information content (AvgIpc) is 2.57. The molecule has 0 spiro atoms. The monoisotopic (exact) mass is 227 g/mol. The van der Waals surface area contributed by atoms with Crippen LogP contribution in [0, 0.1) is 0 Å². The molecule has 0 radical (unpaired) electrons. The van der Waals surface area contributed by atoms with Crippen molar-refractivity contribution in [3.05, 3.63) is 17.5 Å². The first-order chi connectivity index (χ1) is 7.17. The zero-order valence-corrected chi connectivity index (χ0v) is 10.7. The minimum Gasteiger partial charge on any atom is -0.327 e. The number of aryl methyl sites for hydroxylation is 2. The zero-order valence-electron chi connectivity index (χ0n) is 9.86. The number of hydrogen-bond acceptors (Lipinski definition) is 3. The Labute approximate surface area is 96.4 Å². The lowest BCUT2D eigenvalue weighted by atomic mass is 10.2. The second-order valence-corrected chi connectivity index (χ2v) is 5.05. The van der Waals surface area contributed by atoms with Crippen LogP contribution in [0.4, 0.5) is 0 Å². The molecule has 3 nitrogen and oxygen atoms in total. The van der Waals surface area contributed by atoms with Crippen LogP contribution >= 0.6 is 11.8 Å². The fourth-order valence-corrected chi connectivity index (χ4v) is 2.19. The molecule has 0 bridgehead atoms. The Hall–Kier alpha value is -0.480. The van der Waals surface area contributed by atoms with E-state index in [1.54, 1.807) is 0 Å². The van der Waals surface area contributed by atoms with Crippen molar-refractivity contribution in [2.45, 2.75) is 32.7 Å². The van der Waals surface area contributed by atoms with Crippen LogP contribution in [0.15, 0.2) is 6.07 Å². The predicted molar refractivity (Wildman–Crippen MR) is 67.3 cm³/mol. The molecule has 0 amide bonds. The van der Waals surface area contributed by atoms with E-state index in [0.717, 1.165) is 30.0 Å². The Morgan fingerprint density at radius 3 is 2.80 bits per heavy atom. The van der Waals surface area contributed by atoms with Gasteiger partial charge >= 0.3 is 0 Å². The van der Waals surface area contributed by atoms with E-state index in [2.05, 4.69) is 25.0 Å². The van der Waals surface area contributed by atoms with Crippen LogP contribution in [0.5, 0.6) is 0 Å². The molecule has 2 N–H and O–H groups in total. The second-order valence-electron chi connectivity index (χ2n) is 3.73. The maximum atomic E-state index is 6.05. The minimum absolute atomic E-state index is 0.245. The van der Waals surface area contributed by atoms with Crippen LogP contribution in [0.3, 0.4) is 0 Å². The van der Waals surface area contributed by atoms with E-state index in [0.29, 0.717) is 0 Å². The third kappa shape index (κ3) is 3.87. The fraction of sp³-hybridized carbons (Fsp3) is 0.727. The molecule has 1 heterocycles. The summed E-state index contributed by atoms with van der Waals surface area (Å²) in [6, 6.07) is 2.41. The third-order valence-corrected chi connectivity index (χ3v) is 3.47. The minimum atomic E-state index is 0.245. The lowest BCUT2D eigenvalue weighted by Crippen LogP contribution is -2.26. The topological polar surface area (TPSA) is 43.8 Å². The first kappa shape index (κ1) is 12.6. The summed E-state index contributed by atoms with van der Waals surface area (Å²) in [6.45, 7) is 4.29. The first-order valence-electron chi connectivity index (χ1n) is 5.52. The Morgan fingerprint density at radius 2 is 2.27 bits per heavy atom. The average molecular weight is 227 g/mol. The maximum Gasteiger partial charge on any atom is 0.0624 e. The van der Waals surface area contributed by atoms with Crippen molar-refractivity contribution in [2.24, 2.45) is 12.8 Å². The van der Waals surface area contributed by atoms with Gasteiger partial charge in [0.1, 0.15) is 0 Å². The van der Waals surface area contributed by atoms with Gasteiger partial charge in [0, 0.05) is 31.0 Å². The van der Waals surface area contributed by atoms with E-state index in [1.165, 1.54) is 5.69 Å². The Balaban J connectivity index is 2.51. The molecule has 0 fully saturated rings. The van der Waals surface area contributed by atoms with Gasteiger partial charge in [-0.15, -0.1) is 0 Å². The van der Waals surface area contributed by atoms with Crippen molar-refractivity contribution in [3.8, 4) is 0 Å². The quantitative estimate of drug-likeness (QED) is 0.803. The summed E-state index contributed by atoms with van der Waals surface area (Å²) in [5.74, 6) is 2.17. The van der Waals surface area contributed by atoms with Crippen LogP contribution in [-0.4, -0.2) is 27.3 Å². The Bertz CT molecular complexity index is 296. The Morgan fingerprint density at radius 1 is 1.53 bits per heavy atom. The second kappa shape index (κ2) is 6.18. The number of nitrogens with two attached hydrogens (primary N) is 1. The van der Waals surface area contributed by atoms with Gasteiger partial charge in [-0.25, -0.2) is 0 Å². The maximum absolute atomic E-state index is 6.05. The van der Waals surface area contributed by atoms with Gasteiger partial charge in [0.2, 0.25) is 0 Å². The summed E-state index contributed by atoms with van der Waals surface area (Å²) in [5, 5.41) is 4.42. The van der Waals surface area contributed by atoms with Crippen LogP contribution in [0.2, 0.25) is 0 Å². The number of aromatic nitrogens is 2. The highest BCUT2D eigenvalue weighted by Gasteiger charge is 2.08. The van der Waals surface area contributed by atoms with Gasteiger partial charge in [-0.3, -0.25) is 4.68 Å². The first-order valence-corrected chi connectivity index (χ1v) is 6.67. The van der Waals surface area contributed by atoms with E-state index < -0.39 is 0 Å². The summed E-state index contributed by atoms with van der Waals surface area (Å²) in [5.41, 5.74) is 8.45. The van der Waals surface area contributed by atoms with Crippen LogP contribution in [-0.2, 0) is 19.9 Å². The van der Waals surface area contributed by atoms with Crippen LogP contribution in [0.1, 0.15) is 25.2 Å². The van der Waals surface area contributed by atoms with Gasteiger partial charge < -0.3 is 5.73 Å².